The van der Waals surface area contributed by atoms with Crippen molar-refractivity contribution in [1.82, 2.24) is 10.2 Å². The Bertz CT molecular complexity index is 279. The molecule has 98 valence electrons. The minimum Gasteiger partial charge on any atom is -0.492 e. The van der Waals surface area contributed by atoms with Crippen molar-refractivity contribution in [3.8, 4) is 5.75 Å². The van der Waals surface area contributed by atoms with Gasteiger partial charge in [0.15, 0.2) is 0 Å². The number of ether oxygens (including phenoxy) is 1. The highest BCUT2D eigenvalue weighted by Gasteiger charge is 2.08. The summed E-state index contributed by atoms with van der Waals surface area (Å²) in [5.41, 5.74) is 0. The first-order valence-electron chi connectivity index (χ1n) is 5.56. The highest BCUT2D eigenvalue weighted by Crippen LogP contribution is 2.07. The third-order valence-corrected chi connectivity index (χ3v) is 2.63. The van der Waals surface area contributed by atoms with E-state index in [0.29, 0.717) is 0 Å². The molecule has 0 unspecified atom stereocenters. The SMILES string of the molecule is Cl.Cl.c1ccc(OCCN2CCNCC2)cc1. The van der Waals surface area contributed by atoms with E-state index in [0.717, 1.165) is 45.1 Å². The van der Waals surface area contributed by atoms with Gasteiger partial charge in [0.25, 0.3) is 0 Å². The molecular weight excluding hydrogens is 259 g/mol. The van der Waals surface area contributed by atoms with E-state index in [1.54, 1.807) is 0 Å². The molecule has 1 aliphatic rings. The molecule has 1 aromatic carbocycles. The quantitative estimate of drug-likeness (QED) is 0.909. The van der Waals surface area contributed by atoms with E-state index in [1.165, 1.54) is 0 Å². The number of piperazine rings is 1. The average Bonchev–Trinajstić information content (AvgIpc) is 2.32. The number of rotatable bonds is 4. The highest BCUT2D eigenvalue weighted by molar-refractivity contribution is 5.85. The van der Waals surface area contributed by atoms with E-state index in [-0.39, 0.29) is 24.8 Å². The standard InChI is InChI=1S/C12H18N2O.2ClH/c1-2-4-12(5-3-1)15-11-10-14-8-6-13-7-9-14;;/h1-5,13H,6-11H2;2*1H. The average molecular weight is 279 g/mol. The van der Waals surface area contributed by atoms with E-state index in [9.17, 15) is 0 Å². The normalized spacial score (nSPS) is 15.5. The lowest BCUT2D eigenvalue weighted by Crippen LogP contribution is -2.44. The molecule has 0 atom stereocenters. The van der Waals surface area contributed by atoms with Crippen molar-refractivity contribution >= 4 is 24.8 Å². The zero-order valence-electron chi connectivity index (χ0n) is 9.80. The number of halogens is 2. The van der Waals surface area contributed by atoms with Crippen LogP contribution in [0.25, 0.3) is 0 Å². The highest BCUT2D eigenvalue weighted by atomic mass is 35.5. The third-order valence-electron chi connectivity index (χ3n) is 2.63. The fourth-order valence-electron chi connectivity index (χ4n) is 1.74. The molecule has 5 heteroatoms. The number of benzene rings is 1. The maximum atomic E-state index is 5.65. The fourth-order valence-corrected chi connectivity index (χ4v) is 1.74. The van der Waals surface area contributed by atoms with E-state index in [1.807, 2.05) is 30.3 Å². The molecule has 0 amide bonds. The second-order valence-electron chi connectivity index (χ2n) is 3.75. The van der Waals surface area contributed by atoms with Crippen LogP contribution < -0.4 is 10.1 Å². The Morgan fingerprint density at radius 1 is 1.06 bits per heavy atom. The Labute approximate surface area is 115 Å². The summed E-state index contributed by atoms with van der Waals surface area (Å²) in [7, 11) is 0. The fraction of sp³-hybridized carbons (Fsp3) is 0.500. The van der Waals surface area contributed by atoms with Crippen LogP contribution in [-0.2, 0) is 0 Å². The van der Waals surface area contributed by atoms with Gasteiger partial charge in [-0.2, -0.15) is 0 Å². The molecule has 1 N–H and O–H groups in total. The van der Waals surface area contributed by atoms with Gasteiger partial charge in [0.2, 0.25) is 0 Å². The Hall–Kier alpha value is -0.480. The lowest BCUT2D eigenvalue weighted by Gasteiger charge is -2.26. The molecule has 1 saturated heterocycles. The van der Waals surface area contributed by atoms with Crippen molar-refractivity contribution in [3.63, 3.8) is 0 Å². The molecule has 1 heterocycles. The molecule has 0 radical (unpaired) electrons. The van der Waals surface area contributed by atoms with Crippen LogP contribution in [-0.4, -0.2) is 44.2 Å². The van der Waals surface area contributed by atoms with Crippen LogP contribution in [0.1, 0.15) is 0 Å². The first-order valence-corrected chi connectivity index (χ1v) is 5.56. The topological polar surface area (TPSA) is 24.5 Å². The van der Waals surface area contributed by atoms with Crippen molar-refractivity contribution in [1.29, 1.82) is 0 Å². The summed E-state index contributed by atoms with van der Waals surface area (Å²) in [6, 6.07) is 10.00. The van der Waals surface area contributed by atoms with E-state index in [2.05, 4.69) is 10.2 Å². The van der Waals surface area contributed by atoms with Crippen LogP contribution in [0.2, 0.25) is 0 Å². The molecular formula is C12H20Cl2N2O. The molecule has 0 saturated carbocycles. The second kappa shape index (κ2) is 9.54. The van der Waals surface area contributed by atoms with E-state index in [4.69, 9.17) is 4.74 Å². The second-order valence-corrected chi connectivity index (χ2v) is 3.75. The molecule has 0 aliphatic carbocycles. The Kier molecular flexibility index (Phi) is 9.27. The lowest BCUT2D eigenvalue weighted by molar-refractivity contribution is 0.191. The molecule has 0 spiro atoms. The van der Waals surface area contributed by atoms with Crippen LogP contribution in [0.4, 0.5) is 0 Å². The van der Waals surface area contributed by atoms with E-state index >= 15 is 0 Å². The third kappa shape index (κ3) is 6.13. The molecule has 0 aromatic heterocycles. The van der Waals surface area contributed by atoms with Crippen LogP contribution in [0, 0.1) is 0 Å². The Morgan fingerprint density at radius 2 is 1.71 bits per heavy atom. The van der Waals surface area contributed by atoms with Crippen LogP contribution in [0.5, 0.6) is 5.75 Å². The Balaban J connectivity index is 0.00000128. The van der Waals surface area contributed by atoms with Crippen LogP contribution >= 0.6 is 24.8 Å². The van der Waals surface area contributed by atoms with Gasteiger partial charge in [-0.05, 0) is 12.1 Å². The predicted molar refractivity (Wildman–Crippen MR) is 75.7 cm³/mol. The summed E-state index contributed by atoms with van der Waals surface area (Å²) in [6.45, 7) is 6.29. The van der Waals surface area contributed by atoms with Gasteiger partial charge in [-0.15, -0.1) is 24.8 Å². The maximum Gasteiger partial charge on any atom is 0.119 e. The first kappa shape index (κ1) is 16.5. The van der Waals surface area contributed by atoms with Gasteiger partial charge in [0, 0.05) is 32.7 Å². The summed E-state index contributed by atoms with van der Waals surface area (Å²) in [5.74, 6) is 0.965. The monoisotopic (exact) mass is 278 g/mol. The van der Waals surface area contributed by atoms with Gasteiger partial charge in [-0.3, -0.25) is 4.90 Å². The van der Waals surface area contributed by atoms with Crippen LogP contribution in [0.3, 0.4) is 0 Å². The first-order chi connectivity index (χ1) is 7.45. The minimum atomic E-state index is 0. The molecule has 2 rings (SSSR count). The smallest absolute Gasteiger partial charge is 0.119 e. The van der Waals surface area contributed by atoms with Gasteiger partial charge < -0.3 is 10.1 Å². The summed E-state index contributed by atoms with van der Waals surface area (Å²) in [6.07, 6.45) is 0. The number of hydrogen-bond acceptors (Lipinski definition) is 3. The van der Waals surface area contributed by atoms with E-state index < -0.39 is 0 Å². The zero-order chi connectivity index (χ0) is 10.3. The number of hydrogen-bond donors (Lipinski definition) is 1. The van der Waals surface area contributed by atoms with Crippen molar-refractivity contribution in [3.05, 3.63) is 30.3 Å². The van der Waals surface area contributed by atoms with Gasteiger partial charge in [0.1, 0.15) is 12.4 Å². The predicted octanol–water partition coefficient (Wildman–Crippen LogP) is 1.81. The molecule has 3 nitrogen and oxygen atoms in total. The summed E-state index contributed by atoms with van der Waals surface area (Å²) < 4.78 is 5.65. The van der Waals surface area contributed by atoms with Gasteiger partial charge in [0.05, 0.1) is 0 Å². The molecule has 1 aliphatic heterocycles. The Morgan fingerprint density at radius 3 is 2.35 bits per heavy atom. The maximum absolute atomic E-state index is 5.65. The van der Waals surface area contributed by atoms with Crippen molar-refractivity contribution < 1.29 is 4.74 Å². The summed E-state index contributed by atoms with van der Waals surface area (Å²) in [4.78, 5) is 2.43. The number of nitrogens with one attached hydrogen (secondary N) is 1. The summed E-state index contributed by atoms with van der Waals surface area (Å²) >= 11 is 0. The van der Waals surface area contributed by atoms with Gasteiger partial charge >= 0.3 is 0 Å². The van der Waals surface area contributed by atoms with Crippen molar-refractivity contribution in [2.24, 2.45) is 0 Å². The zero-order valence-corrected chi connectivity index (χ0v) is 11.4. The minimum absolute atomic E-state index is 0. The molecule has 0 bridgehead atoms. The van der Waals surface area contributed by atoms with Crippen LogP contribution in [0.15, 0.2) is 30.3 Å². The molecule has 1 aromatic rings. The largest absolute Gasteiger partial charge is 0.492 e. The molecule has 17 heavy (non-hydrogen) atoms. The molecule has 1 fully saturated rings. The summed E-state index contributed by atoms with van der Waals surface area (Å²) in [5, 5.41) is 3.34. The van der Waals surface area contributed by atoms with Crippen molar-refractivity contribution in [2.45, 2.75) is 0 Å². The lowest BCUT2D eigenvalue weighted by atomic mass is 10.3. The number of nitrogens with zero attached hydrogens (tertiary/aromatic N) is 1. The van der Waals surface area contributed by atoms with Gasteiger partial charge in [-0.1, -0.05) is 18.2 Å². The van der Waals surface area contributed by atoms with Gasteiger partial charge in [-0.25, -0.2) is 0 Å². The van der Waals surface area contributed by atoms with Crippen molar-refractivity contribution in [2.75, 3.05) is 39.3 Å². The number of para-hydroxylation sites is 1.